The molecule has 160 valence electrons. The second-order valence-electron chi connectivity index (χ2n) is 8.09. The van der Waals surface area contributed by atoms with Gasteiger partial charge in [0.05, 0.1) is 0 Å². The Balaban J connectivity index is 1.68. The predicted molar refractivity (Wildman–Crippen MR) is 112 cm³/mol. The highest BCUT2D eigenvalue weighted by molar-refractivity contribution is 5.78. The van der Waals surface area contributed by atoms with Crippen molar-refractivity contribution < 1.29 is 23.8 Å². The zero-order valence-electron chi connectivity index (χ0n) is 17.6. The predicted octanol–water partition coefficient (Wildman–Crippen LogP) is 3.96. The summed E-state index contributed by atoms with van der Waals surface area (Å²) in [6.45, 7) is 5.92. The molecule has 2 atom stereocenters. The van der Waals surface area contributed by atoms with E-state index in [-0.39, 0.29) is 30.2 Å². The van der Waals surface area contributed by atoms with Crippen LogP contribution in [0.5, 0.6) is 5.75 Å². The molecular formula is C24H28FNO4. The van der Waals surface area contributed by atoms with Crippen LogP contribution >= 0.6 is 0 Å². The van der Waals surface area contributed by atoms with Gasteiger partial charge in [0.15, 0.2) is 6.61 Å². The fourth-order valence-corrected chi connectivity index (χ4v) is 4.21. The van der Waals surface area contributed by atoms with E-state index in [1.165, 1.54) is 23.3 Å². The topological polar surface area (TPSA) is 75.6 Å². The fourth-order valence-electron chi connectivity index (χ4n) is 4.21. The van der Waals surface area contributed by atoms with Gasteiger partial charge in [0, 0.05) is 12.5 Å². The lowest BCUT2D eigenvalue weighted by Gasteiger charge is -2.31. The van der Waals surface area contributed by atoms with Crippen molar-refractivity contribution in [3.8, 4) is 5.75 Å². The highest BCUT2D eigenvalue weighted by Gasteiger charge is 2.30. The summed E-state index contributed by atoms with van der Waals surface area (Å²) >= 11 is 0. The van der Waals surface area contributed by atoms with E-state index in [2.05, 4.69) is 5.32 Å². The minimum atomic E-state index is -1.01. The van der Waals surface area contributed by atoms with Gasteiger partial charge in [0.2, 0.25) is 5.91 Å². The molecular weight excluding hydrogens is 385 g/mol. The number of fused-ring (bicyclic) bond motifs is 1. The lowest BCUT2D eigenvalue weighted by molar-refractivity contribution is -0.139. The van der Waals surface area contributed by atoms with E-state index in [1.54, 1.807) is 12.1 Å². The maximum atomic E-state index is 13.0. The van der Waals surface area contributed by atoms with Crippen molar-refractivity contribution in [1.82, 2.24) is 5.32 Å². The largest absolute Gasteiger partial charge is 0.482 e. The summed E-state index contributed by atoms with van der Waals surface area (Å²) in [5.41, 5.74) is 5.37. The SMILES string of the molecule is Cc1cc(OCC(=O)O)c(C)c2c1CCC(C(C)C(=O)NCc1ccc(F)cc1)C2. The third-order valence-electron chi connectivity index (χ3n) is 6.09. The van der Waals surface area contributed by atoms with Gasteiger partial charge in [-0.1, -0.05) is 19.1 Å². The molecule has 0 saturated carbocycles. The van der Waals surface area contributed by atoms with Crippen molar-refractivity contribution >= 4 is 11.9 Å². The minimum Gasteiger partial charge on any atom is -0.482 e. The summed E-state index contributed by atoms with van der Waals surface area (Å²) < 4.78 is 18.5. The molecule has 5 nitrogen and oxygen atoms in total. The number of aryl methyl sites for hydroxylation is 1. The minimum absolute atomic E-state index is 0.0135. The van der Waals surface area contributed by atoms with Crippen LogP contribution in [0.25, 0.3) is 0 Å². The Bertz CT molecular complexity index is 939. The van der Waals surface area contributed by atoms with Crippen molar-refractivity contribution in [2.75, 3.05) is 6.61 Å². The Morgan fingerprint density at radius 1 is 1.23 bits per heavy atom. The third kappa shape index (κ3) is 4.99. The van der Waals surface area contributed by atoms with Crippen LogP contribution < -0.4 is 10.1 Å². The maximum absolute atomic E-state index is 13.0. The average Bonchev–Trinajstić information content (AvgIpc) is 2.73. The molecule has 3 rings (SSSR count). The molecule has 0 radical (unpaired) electrons. The average molecular weight is 413 g/mol. The Morgan fingerprint density at radius 3 is 2.60 bits per heavy atom. The van der Waals surface area contributed by atoms with Gasteiger partial charge in [-0.05, 0) is 85.0 Å². The second-order valence-corrected chi connectivity index (χ2v) is 8.09. The van der Waals surface area contributed by atoms with Gasteiger partial charge >= 0.3 is 5.97 Å². The number of aliphatic carboxylic acids is 1. The van der Waals surface area contributed by atoms with Gasteiger partial charge in [0.1, 0.15) is 11.6 Å². The molecule has 0 saturated heterocycles. The number of carbonyl (C=O) groups is 2. The number of amides is 1. The Kier molecular flexibility index (Phi) is 6.75. The van der Waals surface area contributed by atoms with E-state index in [0.29, 0.717) is 12.3 Å². The second kappa shape index (κ2) is 9.28. The summed E-state index contributed by atoms with van der Waals surface area (Å²) in [5.74, 6) is -0.686. The first-order chi connectivity index (χ1) is 14.3. The van der Waals surface area contributed by atoms with Gasteiger partial charge in [0.25, 0.3) is 0 Å². The quantitative estimate of drug-likeness (QED) is 0.720. The van der Waals surface area contributed by atoms with Gasteiger partial charge in [-0.3, -0.25) is 4.79 Å². The van der Waals surface area contributed by atoms with Gasteiger partial charge in [-0.25, -0.2) is 9.18 Å². The zero-order chi connectivity index (χ0) is 21.8. The molecule has 1 aliphatic rings. The summed E-state index contributed by atoms with van der Waals surface area (Å²) in [5, 5.41) is 11.9. The number of carboxylic acid groups (broad SMARTS) is 1. The third-order valence-corrected chi connectivity index (χ3v) is 6.09. The lowest BCUT2D eigenvalue weighted by atomic mass is 9.74. The number of ether oxygens (including phenoxy) is 1. The van der Waals surface area contributed by atoms with E-state index in [9.17, 15) is 14.0 Å². The lowest BCUT2D eigenvalue weighted by Crippen LogP contribution is -2.35. The molecule has 0 fully saturated rings. The normalized spacial score (nSPS) is 16.5. The van der Waals surface area contributed by atoms with E-state index in [4.69, 9.17) is 9.84 Å². The standard InChI is InChI=1S/C24H28FNO4/c1-14-10-22(30-13-23(27)28)16(3)21-11-18(6-9-20(14)21)15(2)24(29)26-12-17-4-7-19(25)8-5-17/h4-5,7-8,10,15,18H,6,9,11-13H2,1-3H3,(H,26,29)(H,27,28). The summed E-state index contributed by atoms with van der Waals surface area (Å²) in [4.78, 5) is 23.6. The molecule has 2 unspecified atom stereocenters. The van der Waals surface area contributed by atoms with E-state index in [1.807, 2.05) is 26.8 Å². The van der Waals surface area contributed by atoms with Crippen LogP contribution in [0.4, 0.5) is 4.39 Å². The molecule has 6 heteroatoms. The van der Waals surface area contributed by atoms with Crippen LogP contribution in [0.1, 0.15) is 41.2 Å². The highest BCUT2D eigenvalue weighted by Crippen LogP contribution is 2.37. The summed E-state index contributed by atoms with van der Waals surface area (Å²) in [6, 6.07) is 8.02. The Labute approximate surface area is 176 Å². The first-order valence-electron chi connectivity index (χ1n) is 10.2. The molecule has 0 aromatic heterocycles. The highest BCUT2D eigenvalue weighted by atomic mass is 19.1. The number of benzene rings is 2. The molecule has 30 heavy (non-hydrogen) atoms. The van der Waals surface area contributed by atoms with E-state index in [0.717, 1.165) is 36.0 Å². The molecule has 0 spiro atoms. The smallest absolute Gasteiger partial charge is 0.341 e. The molecule has 1 aliphatic carbocycles. The van der Waals surface area contributed by atoms with E-state index >= 15 is 0 Å². The molecule has 0 aliphatic heterocycles. The van der Waals surface area contributed by atoms with Crippen LogP contribution in [-0.2, 0) is 29.0 Å². The van der Waals surface area contributed by atoms with Crippen molar-refractivity contribution in [3.63, 3.8) is 0 Å². The Morgan fingerprint density at radius 2 is 1.93 bits per heavy atom. The monoisotopic (exact) mass is 413 g/mol. The molecule has 2 aromatic rings. The van der Waals surface area contributed by atoms with Crippen LogP contribution in [0.15, 0.2) is 30.3 Å². The van der Waals surface area contributed by atoms with Crippen LogP contribution in [-0.4, -0.2) is 23.6 Å². The first-order valence-corrected chi connectivity index (χ1v) is 10.2. The number of halogens is 1. The van der Waals surface area contributed by atoms with Gasteiger partial charge < -0.3 is 15.2 Å². The number of hydrogen-bond acceptors (Lipinski definition) is 3. The van der Waals surface area contributed by atoms with Crippen molar-refractivity contribution in [2.24, 2.45) is 11.8 Å². The molecule has 0 heterocycles. The molecule has 2 aromatic carbocycles. The Hall–Kier alpha value is -2.89. The molecule has 1 amide bonds. The first kappa shape index (κ1) is 21.8. The van der Waals surface area contributed by atoms with Crippen molar-refractivity contribution in [1.29, 1.82) is 0 Å². The maximum Gasteiger partial charge on any atom is 0.341 e. The van der Waals surface area contributed by atoms with E-state index < -0.39 is 5.97 Å². The number of hydrogen-bond donors (Lipinski definition) is 2. The number of carbonyl (C=O) groups excluding carboxylic acids is 1. The zero-order valence-corrected chi connectivity index (χ0v) is 17.6. The van der Waals surface area contributed by atoms with Gasteiger partial charge in [-0.15, -0.1) is 0 Å². The summed E-state index contributed by atoms with van der Waals surface area (Å²) in [6.07, 6.45) is 2.58. The van der Waals surface area contributed by atoms with Crippen molar-refractivity contribution in [2.45, 2.75) is 46.6 Å². The summed E-state index contributed by atoms with van der Waals surface area (Å²) in [7, 11) is 0. The number of nitrogens with one attached hydrogen (secondary N) is 1. The van der Waals surface area contributed by atoms with Crippen LogP contribution in [0.2, 0.25) is 0 Å². The van der Waals surface area contributed by atoms with Crippen molar-refractivity contribution in [3.05, 3.63) is 64.0 Å². The van der Waals surface area contributed by atoms with Crippen LogP contribution in [0.3, 0.4) is 0 Å². The van der Waals surface area contributed by atoms with Crippen LogP contribution in [0, 0.1) is 31.5 Å². The molecule has 2 N–H and O–H groups in total. The number of carboxylic acids is 1. The number of rotatable bonds is 7. The fraction of sp³-hybridized carbons (Fsp3) is 0.417. The van der Waals surface area contributed by atoms with Gasteiger partial charge in [-0.2, -0.15) is 0 Å². The molecule has 0 bridgehead atoms.